The average molecular weight is 525 g/mol. The van der Waals surface area contributed by atoms with E-state index in [1.165, 1.54) is 12.8 Å². The molecule has 1 amide bonds. The smallest absolute Gasteiger partial charge is 0.317 e. The highest BCUT2D eigenvalue weighted by molar-refractivity contribution is 6.19. The van der Waals surface area contributed by atoms with Crippen LogP contribution in [0.5, 0.6) is 0 Å². The van der Waals surface area contributed by atoms with Crippen LogP contribution >= 0.6 is 0 Å². The van der Waals surface area contributed by atoms with Gasteiger partial charge in [-0.3, -0.25) is 9.48 Å². The number of morpholine rings is 1. The molecule has 2 aromatic heterocycles. The Morgan fingerprint density at radius 3 is 2.59 bits per heavy atom. The van der Waals surface area contributed by atoms with E-state index in [9.17, 15) is 4.79 Å². The number of benzene rings is 2. The molecule has 0 spiro atoms. The average Bonchev–Trinajstić information content (AvgIpc) is 3.53. The third kappa shape index (κ3) is 4.88. The molecular weight excluding hydrogens is 496 g/mol. The maximum absolute atomic E-state index is 13.2. The number of carbonyl (C=O) groups excluding carboxylic acids is 1. The van der Waals surface area contributed by atoms with Gasteiger partial charge < -0.3 is 24.7 Å². The predicted molar refractivity (Wildman–Crippen MR) is 146 cm³/mol. The number of amides is 1. The van der Waals surface area contributed by atoms with Gasteiger partial charge in [-0.25, -0.2) is 4.99 Å². The molecule has 0 bridgehead atoms. The van der Waals surface area contributed by atoms with E-state index in [0.717, 1.165) is 42.1 Å². The molecule has 2 fully saturated rings. The number of fused-ring (bicyclic) bond motifs is 1. The van der Waals surface area contributed by atoms with Gasteiger partial charge in [-0.2, -0.15) is 5.10 Å². The first-order valence-electron chi connectivity index (χ1n) is 13.3. The lowest BCUT2D eigenvalue weighted by molar-refractivity contribution is -0.116. The molecule has 198 valence electrons. The lowest BCUT2D eigenvalue weighted by Crippen LogP contribution is -2.36. The summed E-state index contributed by atoms with van der Waals surface area (Å²) in [6.07, 6.45) is 3.46. The highest BCUT2D eigenvalue weighted by Gasteiger charge is 2.29. The van der Waals surface area contributed by atoms with Gasteiger partial charge in [0.25, 0.3) is 11.8 Å². The molecule has 11 heteroatoms. The van der Waals surface area contributed by atoms with Gasteiger partial charge in [0.2, 0.25) is 6.17 Å². The van der Waals surface area contributed by atoms with E-state index in [1.54, 1.807) is 0 Å². The van der Waals surface area contributed by atoms with Crippen molar-refractivity contribution in [3.63, 3.8) is 0 Å². The number of aliphatic imine (C=N–C) groups is 1. The van der Waals surface area contributed by atoms with Gasteiger partial charge in [0.1, 0.15) is 5.56 Å². The summed E-state index contributed by atoms with van der Waals surface area (Å²) < 4.78 is 13.6. The maximum Gasteiger partial charge on any atom is 0.317 e. The normalized spacial score (nSPS) is 19.2. The Labute approximate surface area is 224 Å². The van der Waals surface area contributed by atoms with Crippen LogP contribution < -0.4 is 15.5 Å². The molecule has 7 rings (SSSR count). The zero-order valence-corrected chi connectivity index (χ0v) is 21.3. The Kier molecular flexibility index (Phi) is 6.04. The van der Waals surface area contributed by atoms with Crippen molar-refractivity contribution in [2.75, 3.05) is 41.8 Å². The molecule has 3 aliphatic rings. The summed E-state index contributed by atoms with van der Waals surface area (Å²) in [7, 11) is 0. The molecule has 1 unspecified atom stereocenters. The number of nitrogens with zero attached hydrogens (tertiary/aromatic N) is 6. The number of anilines is 3. The molecule has 1 atom stereocenters. The van der Waals surface area contributed by atoms with Crippen molar-refractivity contribution in [1.29, 1.82) is 0 Å². The number of benzodiazepines with no additional fused rings is 1. The van der Waals surface area contributed by atoms with Crippen LogP contribution in [-0.4, -0.2) is 64.1 Å². The van der Waals surface area contributed by atoms with Crippen molar-refractivity contribution in [3.8, 4) is 11.5 Å². The predicted octanol–water partition coefficient (Wildman–Crippen LogP) is 3.41. The van der Waals surface area contributed by atoms with Crippen molar-refractivity contribution < 1.29 is 13.9 Å². The number of carbonyl (C=O) groups is 1. The lowest BCUT2D eigenvalue weighted by atomic mass is 10.0. The van der Waals surface area contributed by atoms with Gasteiger partial charge in [-0.1, -0.05) is 53.6 Å². The fourth-order valence-corrected chi connectivity index (χ4v) is 4.92. The summed E-state index contributed by atoms with van der Waals surface area (Å²) in [6, 6.07) is 17.5. The maximum atomic E-state index is 13.2. The Hall–Kier alpha value is -4.51. The quantitative estimate of drug-likeness (QED) is 0.377. The third-order valence-corrected chi connectivity index (χ3v) is 7.10. The van der Waals surface area contributed by atoms with Crippen LogP contribution in [0.3, 0.4) is 0 Å². The fraction of sp³-hybridized carbons (Fsp3) is 0.321. The summed E-state index contributed by atoms with van der Waals surface area (Å²) in [6.45, 7) is 3.65. The molecule has 1 aliphatic carbocycles. The molecule has 2 aliphatic heterocycles. The first kappa shape index (κ1) is 23.6. The van der Waals surface area contributed by atoms with E-state index >= 15 is 0 Å². The first-order valence-corrected chi connectivity index (χ1v) is 13.3. The molecule has 39 heavy (non-hydrogen) atoms. The molecule has 11 nitrogen and oxygen atoms in total. The molecular formula is C28H28N8O3. The van der Waals surface area contributed by atoms with Crippen LogP contribution in [0.1, 0.15) is 24.0 Å². The summed E-state index contributed by atoms with van der Waals surface area (Å²) in [5.41, 5.74) is 3.89. The zero-order valence-electron chi connectivity index (χ0n) is 21.3. The van der Waals surface area contributed by atoms with E-state index < -0.39 is 6.17 Å². The fourth-order valence-electron chi connectivity index (χ4n) is 4.92. The second-order valence-electron chi connectivity index (χ2n) is 9.97. The molecule has 4 aromatic rings. The number of nitrogens with one attached hydrogen (secondary N) is 2. The van der Waals surface area contributed by atoms with Gasteiger partial charge >= 0.3 is 6.01 Å². The number of hydrogen-bond acceptors (Lipinski definition) is 9. The third-order valence-electron chi connectivity index (χ3n) is 7.10. The molecule has 0 radical (unpaired) electrons. The largest absolute Gasteiger partial charge is 0.403 e. The van der Waals surface area contributed by atoms with E-state index in [1.807, 2.05) is 65.5 Å². The van der Waals surface area contributed by atoms with Gasteiger partial charge in [-0.05, 0) is 24.8 Å². The summed E-state index contributed by atoms with van der Waals surface area (Å²) >= 11 is 0. The SMILES string of the molecule is O=C1Nc2ccccc2C(c2ccccc2)=NC1Nc1nnc(-c2cn(CC3CC3)nc2N2CCOCC2)o1. The lowest BCUT2D eigenvalue weighted by Gasteiger charge is -2.27. The number of hydrogen-bond donors (Lipinski definition) is 2. The van der Waals surface area contributed by atoms with Crippen molar-refractivity contribution in [2.45, 2.75) is 25.6 Å². The van der Waals surface area contributed by atoms with Crippen molar-refractivity contribution >= 4 is 29.1 Å². The summed E-state index contributed by atoms with van der Waals surface area (Å²) in [5, 5.41) is 19.4. The number of para-hydroxylation sites is 1. The molecule has 1 saturated carbocycles. The topological polar surface area (TPSA) is 123 Å². The monoisotopic (exact) mass is 524 g/mol. The Morgan fingerprint density at radius 2 is 1.77 bits per heavy atom. The van der Waals surface area contributed by atoms with Gasteiger partial charge in [0.05, 0.1) is 24.6 Å². The Morgan fingerprint density at radius 1 is 0.974 bits per heavy atom. The van der Waals surface area contributed by atoms with Crippen molar-refractivity contribution in [3.05, 3.63) is 71.9 Å². The van der Waals surface area contributed by atoms with Crippen LogP contribution in [0.25, 0.3) is 11.5 Å². The van der Waals surface area contributed by atoms with Gasteiger partial charge in [0, 0.05) is 37.0 Å². The van der Waals surface area contributed by atoms with Crippen LogP contribution in [0.4, 0.5) is 17.5 Å². The second kappa shape index (κ2) is 9.99. The Bertz CT molecular complexity index is 1520. The highest BCUT2D eigenvalue weighted by atomic mass is 16.5. The summed E-state index contributed by atoms with van der Waals surface area (Å²) in [5.74, 6) is 1.50. The molecule has 2 aromatic carbocycles. The van der Waals surface area contributed by atoms with Crippen LogP contribution in [0, 0.1) is 5.92 Å². The Balaban J connectivity index is 1.20. The molecule has 1 saturated heterocycles. The van der Waals surface area contributed by atoms with Crippen LogP contribution in [-0.2, 0) is 16.1 Å². The second-order valence-corrected chi connectivity index (χ2v) is 9.97. The van der Waals surface area contributed by atoms with Crippen LogP contribution in [0.2, 0.25) is 0 Å². The van der Waals surface area contributed by atoms with Crippen LogP contribution in [0.15, 0.2) is 70.2 Å². The minimum Gasteiger partial charge on any atom is -0.403 e. The first-order chi connectivity index (χ1) is 19.2. The summed E-state index contributed by atoms with van der Waals surface area (Å²) in [4.78, 5) is 20.2. The van der Waals surface area contributed by atoms with Gasteiger partial charge in [0.15, 0.2) is 5.82 Å². The molecule has 4 heterocycles. The molecule has 2 N–H and O–H groups in total. The van der Waals surface area contributed by atoms with Crippen molar-refractivity contribution in [1.82, 2.24) is 20.0 Å². The van der Waals surface area contributed by atoms with Gasteiger partial charge in [-0.15, -0.1) is 5.10 Å². The zero-order chi connectivity index (χ0) is 26.2. The van der Waals surface area contributed by atoms with E-state index in [0.29, 0.717) is 36.4 Å². The number of rotatable bonds is 7. The minimum absolute atomic E-state index is 0.107. The highest BCUT2D eigenvalue weighted by Crippen LogP contribution is 2.34. The number of ether oxygens (including phenoxy) is 1. The minimum atomic E-state index is -0.975. The van der Waals surface area contributed by atoms with E-state index in [-0.39, 0.29) is 11.9 Å². The standard InChI is InChI=1S/C28H28N8O3/c37-26-24(30-23(19-6-2-1-3-7-19)20-8-4-5-9-22(20)29-26)31-28-33-32-27(39-28)21-17-36(16-18-10-11-18)34-25(21)35-12-14-38-15-13-35/h1-9,17-18,24H,10-16H2,(H,29,37)(H,31,33). The number of aromatic nitrogens is 4. The van der Waals surface area contributed by atoms with E-state index in [2.05, 4.69) is 25.7 Å². The van der Waals surface area contributed by atoms with E-state index in [4.69, 9.17) is 19.2 Å². The van der Waals surface area contributed by atoms with Crippen molar-refractivity contribution in [2.24, 2.45) is 10.9 Å².